The maximum Gasteiger partial charge on any atom is 0.228 e. The number of aryl methyl sites for hydroxylation is 1. The minimum atomic E-state index is 0.533. The number of thiophene rings is 1. The van der Waals surface area contributed by atoms with E-state index in [1.54, 1.807) is 11.3 Å². The van der Waals surface area contributed by atoms with Gasteiger partial charge >= 0.3 is 0 Å². The Morgan fingerprint density at radius 2 is 2.36 bits per heavy atom. The van der Waals surface area contributed by atoms with Crippen LogP contribution in [0, 0.1) is 6.92 Å². The van der Waals surface area contributed by atoms with Gasteiger partial charge in [0.2, 0.25) is 11.7 Å². The van der Waals surface area contributed by atoms with Crippen molar-refractivity contribution in [2.75, 3.05) is 6.54 Å². The summed E-state index contributed by atoms with van der Waals surface area (Å²) in [6, 6.07) is 4.04. The summed E-state index contributed by atoms with van der Waals surface area (Å²) in [4.78, 5) is 6.51. The van der Waals surface area contributed by atoms with Crippen LogP contribution in [0.5, 0.6) is 0 Å². The number of hydrogen-bond acceptors (Lipinski definition) is 5. The van der Waals surface area contributed by atoms with Gasteiger partial charge in [-0.15, -0.1) is 11.3 Å². The molecule has 0 atom stereocenters. The van der Waals surface area contributed by atoms with Crippen molar-refractivity contribution in [3.63, 3.8) is 0 Å². The van der Waals surface area contributed by atoms with Gasteiger partial charge in [0.25, 0.3) is 0 Å². The van der Waals surface area contributed by atoms with Gasteiger partial charge in [0, 0.05) is 17.8 Å². The van der Waals surface area contributed by atoms with E-state index in [2.05, 4.69) is 17.1 Å². The molecule has 2 aromatic heterocycles. The predicted octanol–water partition coefficient (Wildman–Crippen LogP) is 1.61. The summed E-state index contributed by atoms with van der Waals surface area (Å²) in [5.74, 6) is 1.26. The van der Waals surface area contributed by atoms with Crippen molar-refractivity contribution < 1.29 is 4.52 Å². The normalized spacial score (nSPS) is 10.7. The molecule has 2 N–H and O–H groups in total. The van der Waals surface area contributed by atoms with E-state index < -0.39 is 0 Å². The molecule has 0 radical (unpaired) electrons. The van der Waals surface area contributed by atoms with E-state index in [1.807, 2.05) is 12.1 Å². The second kappa shape index (κ2) is 3.89. The highest BCUT2D eigenvalue weighted by atomic mass is 32.1. The molecule has 0 aromatic carbocycles. The van der Waals surface area contributed by atoms with Crippen LogP contribution in [0.3, 0.4) is 0 Å². The molecule has 5 heteroatoms. The highest BCUT2D eigenvalue weighted by molar-refractivity contribution is 7.15. The molecule has 0 bridgehead atoms. The van der Waals surface area contributed by atoms with E-state index in [9.17, 15) is 0 Å². The Labute approximate surface area is 85.7 Å². The first-order valence-corrected chi connectivity index (χ1v) is 5.20. The summed E-state index contributed by atoms with van der Waals surface area (Å²) >= 11 is 1.66. The molecule has 0 aliphatic heterocycles. The fourth-order valence-corrected chi connectivity index (χ4v) is 1.93. The molecule has 14 heavy (non-hydrogen) atoms. The smallest absolute Gasteiger partial charge is 0.228 e. The van der Waals surface area contributed by atoms with Gasteiger partial charge in [-0.2, -0.15) is 4.98 Å². The van der Waals surface area contributed by atoms with E-state index in [0.717, 1.165) is 4.88 Å². The molecule has 2 rings (SSSR count). The quantitative estimate of drug-likeness (QED) is 0.834. The van der Waals surface area contributed by atoms with Gasteiger partial charge < -0.3 is 10.3 Å². The van der Waals surface area contributed by atoms with Crippen molar-refractivity contribution >= 4 is 11.3 Å². The minimum absolute atomic E-state index is 0.533. The largest absolute Gasteiger partial charge is 0.339 e. The first-order valence-electron chi connectivity index (χ1n) is 4.39. The summed E-state index contributed by atoms with van der Waals surface area (Å²) < 4.78 is 5.03. The molecule has 0 aliphatic rings. The van der Waals surface area contributed by atoms with E-state index in [-0.39, 0.29) is 0 Å². The van der Waals surface area contributed by atoms with Crippen molar-refractivity contribution in [1.29, 1.82) is 0 Å². The second-order valence-corrected chi connectivity index (χ2v) is 4.25. The third-order valence-corrected chi connectivity index (χ3v) is 2.78. The highest BCUT2D eigenvalue weighted by Crippen LogP contribution is 2.24. The van der Waals surface area contributed by atoms with Crippen LogP contribution in [0.25, 0.3) is 10.7 Å². The summed E-state index contributed by atoms with van der Waals surface area (Å²) in [6.07, 6.45) is 0.636. The average Bonchev–Trinajstić information content (AvgIpc) is 2.74. The van der Waals surface area contributed by atoms with Gasteiger partial charge in [0.05, 0.1) is 4.88 Å². The number of rotatable bonds is 3. The van der Waals surface area contributed by atoms with Gasteiger partial charge in [0.15, 0.2) is 0 Å². The fourth-order valence-electron chi connectivity index (χ4n) is 1.13. The van der Waals surface area contributed by atoms with Crippen molar-refractivity contribution in [3.05, 3.63) is 22.9 Å². The van der Waals surface area contributed by atoms with Crippen LogP contribution in [0.1, 0.15) is 10.8 Å². The fraction of sp³-hybridized carbons (Fsp3) is 0.333. The first-order chi connectivity index (χ1) is 6.79. The van der Waals surface area contributed by atoms with Crippen molar-refractivity contribution in [3.8, 4) is 10.7 Å². The van der Waals surface area contributed by atoms with E-state index >= 15 is 0 Å². The Kier molecular flexibility index (Phi) is 2.60. The Morgan fingerprint density at radius 3 is 3.00 bits per heavy atom. The molecule has 2 heterocycles. The average molecular weight is 209 g/mol. The zero-order valence-electron chi connectivity index (χ0n) is 7.86. The molecule has 0 aliphatic carbocycles. The van der Waals surface area contributed by atoms with Gasteiger partial charge in [0.1, 0.15) is 0 Å². The lowest BCUT2D eigenvalue weighted by Gasteiger charge is -1.84. The van der Waals surface area contributed by atoms with Gasteiger partial charge in [-0.3, -0.25) is 0 Å². The van der Waals surface area contributed by atoms with E-state index in [1.165, 1.54) is 4.88 Å². The Balaban J connectivity index is 2.24. The van der Waals surface area contributed by atoms with Crippen molar-refractivity contribution in [2.45, 2.75) is 13.3 Å². The third-order valence-electron chi connectivity index (χ3n) is 1.79. The van der Waals surface area contributed by atoms with Crippen LogP contribution in [0.4, 0.5) is 0 Å². The van der Waals surface area contributed by atoms with Crippen LogP contribution in [-0.4, -0.2) is 16.7 Å². The van der Waals surface area contributed by atoms with Crippen molar-refractivity contribution in [2.24, 2.45) is 5.73 Å². The lowest BCUT2D eigenvalue weighted by atomic mass is 10.4. The molecule has 0 unspecified atom stereocenters. The van der Waals surface area contributed by atoms with Crippen LogP contribution in [0.15, 0.2) is 16.7 Å². The third kappa shape index (κ3) is 1.83. The standard InChI is InChI=1S/C9H11N3OS/c1-6-2-3-7(14-6)9-11-8(4-5-10)13-12-9/h2-3H,4-5,10H2,1H3. The van der Waals surface area contributed by atoms with Gasteiger partial charge in [-0.05, 0) is 19.1 Å². The molecular formula is C9H11N3OS. The lowest BCUT2D eigenvalue weighted by Crippen LogP contribution is -2.02. The molecule has 0 amide bonds. The topological polar surface area (TPSA) is 64.9 Å². The number of hydrogen-bond donors (Lipinski definition) is 1. The van der Waals surface area contributed by atoms with E-state index in [4.69, 9.17) is 10.3 Å². The Hall–Kier alpha value is -1.20. The summed E-state index contributed by atoms with van der Waals surface area (Å²) in [5, 5.41) is 3.89. The van der Waals surface area contributed by atoms with Crippen LogP contribution >= 0.6 is 11.3 Å². The predicted molar refractivity (Wildman–Crippen MR) is 55.1 cm³/mol. The Morgan fingerprint density at radius 1 is 1.50 bits per heavy atom. The maximum atomic E-state index is 5.39. The van der Waals surface area contributed by atoms with E-state index in [0.29, 0.717) is 24.7 Å². The molecular weight excluding hydrogens is 198 g/mol. The van der Waals surface area contributed by atoms with Gasteiger partial charge in [-0.25, -0.2) is 0 Å². The summed E-state index contributed by atoms with van der Waals surface area (Å²) in [7, 11) is 0. The monoisotopic (exact) mass is 209 g/mol. The van der Waals surface area contributed by atoms with Crippen molar-refractivity contribution in [1.82, 2.24) is 10.1 Å². The number of aromatic nitrogens is 2. The van der Waals surface area contributed by atoms with Crippen LogP contribution < -0.4 is 5.73 Å². The summed E-state index contributed by atoms with van der Waals surface area (Å²) in [6.45, 7) is 2.58. The molecule has 74 valence electrons. The Bertz CT molecular complexity index is 421. The maximum absolute atomic E-state index is 5.39. The molecule has 0 spiro atoms. The molecule has 0 saturated heterocycles. The first kappa shape index (κ1) is 9.36. The molecule has 0 saturated carbocycles. The highest BCUT2D eigenvalue weighted by Gasteiger charge is 2.09. The second-order valence-electron chi connectivity index (χ2n) is 2.96. The molecule has 0 fully saturated rings. The van der Waals surface area contributed by atoms with Gasteiger partial charge in [-0.1, -0.05) is 5.16 Å². The SMILES string of the molecule is Cc1ccc(-c2noc(CCN)n2)s1. The number of nitrogens with zero attached hydrogens (tertiary/aromatic N) is 2. The minimum Gasteiger partial charge on any atom is -0.339 e. The zero-order chi connectivity index (χ0) is 9.97. The van der Waals surface area contributed by atoms with Crippen LogP contribution in [0.2, 0.25) is 0 Å². The molecule has 2 aromatic rings. The summed E-state index contributed by atoms with van der Waals surface area (Å²) in [5.41, 5.74) is 5.39. The van der Waals surface area contributed by atoms with Crippen LogP contribution in [-0.2, 0) is 6.42 Å². The number of nitrogens with two attached hydrogens (primary N) is 1. The zero-order valence-corrected chi connectivity index (χ0v) is 8.67. The lowest BCUT2D eigenvalue weighted by molar-refractivity contribution is 0.380. The molecule has 4 nitrogen and oxygen atoms in total.